The van der Waals surface area contributed by atoms with Gasteiger partial charge in [0.2, 0.25) is 0 Å². The summed E-state index contributed by atoms with van der Waals surface area (Å²) in [5, 5.41) is 8.66. The van der Waals surface area contributed by atoms with Crippen molar-refractivity contribution in [3.8, 4) is 6.07 Å². The summed E-state index contributed by atoms with van der Waals surface area (Å²) in [6.45, 7) is 4.00. The van der Waals surface area contributed by atoms with E-state index < -0.39 is 9.84 Å². The lowest BCUT2D eigenvalue weighted by Crippen LogP contribution is -2.28. The Morgan fingerprint density at radius 1 is 1.35 bits per heavy atom. The smallest absolute Gasteiger partial charge is 0.157 e. The van der Waals surface area contributed by atoms with Crippen LogP contribution in [0.4, 0.5) is 0 Å². The molecule has 1 saturated carbocycles. The van der Waals surface area contributed by atoms with Crippen molar-refractivity contribution in [3.05, 3.63) is 34.9 Å². The zero-order valence-electron chi connectivity index (χ0n) is 12.1. The Kier molecular flexibility index (Phi) is 4.49. The quantitative estimate of drug-likeness (QED) is 0.858. The lowest BCUT2D eigenvalue weighted by atomic mass is 9.91. The van der Waals surface area contributed by atoms with E-state index in [2.05, 4.69) is 13.0 Å². The molecule has 0 aromatic heterocycles. The summed E-state index contributed by atoms with van der Waals surface area (Å²) in [4.78, 5) is 0. The van der Waals surface area contributed by atoms with E-state index in [4.69, 9.17) is 5.26 Å². The average Bonchev–Trinajstić information content (AvgIpc) is 2.41. The Hall–Kier alpha value is -1.34. The van der Waals surface area contributed by atoms with Crippen LogP contribution in [0.25, 0.3) is 0 Å². The molecular weight excluding hydrogens is 270 g/mol. The predicted octanol–water partition coefficient (Wildman–Crippen LogP) is 3.36. The number of rotatable bonds is 3. The number of hydrogen-bond acceptors (Lipinski definition) is 3. The Bertz CT molecular complexity index is 628. The largest absolute Gasteiger partial charge is 0.228 e. The first-order valence-corrected chi connectivity index (χ1v) is 8.85. The van der Waals surface area contributed by atoms with Crippen LogP contribution in [0.15, 0.2) is 18.2 Å². The fourth-order valence-corrected chi connectivity index (χ4v) is 5.11. The second-order valence-corrected chi connectivity index (χ2v) is 8.24. The number of nitriles is 1. The van der Waals surface area contributed by atoms with Crippen molar-refractivity contribution < 1.29 is 8.42 Å². The Labute approximate surface area is 121 Å². The highest BCUT2D eigenvalue weighted by molar-refractivity contribution is 7.91. The van der Waals surface area contributed by atoms with Crippen molar-refractivity contribution in [1.29, 1.82) is 5.26 Å². The molecule has 0 amide bonds. The van der Waals surface area contributed by atoms with Crippen LogP contribution in [0.2, 0.25) is 0 Å². The van der Waals surface area contributed by atoms with E-state index in [-0.39, 0.29) is 11.0 Å². The van der Waals surface area contributed by atoms with Gasteiger partial charge in [-0.2, -0.15) is 5.26 Å². The van der Waals surface area contributed by atoms with E-state index in [9.17, 15) is 8.42 Å². The summed E-state index contributed by atoms with van der Waals surface area (Å²) in [7, 11) is -3.09. The molecule has 4 heteroatoms. The predicted molar refractivity (Wildman–Crippen MR) is 79.9 cm³/mol. The minimum Gasteiger partial charge on any atom is -0.228 e. The van der Waals surface area contributed by atoms with Crippen LogP contribution >= 0.6 is 0 Å². The maximum atomic E-state index is 12.5. The summed E-state index contributed by atoms with van der Waals surface area (Å²) in [6.07, 6.45) is 3.74. The fraction of sp³-hybridized carbons (Fsp3) is 0.562. The molecule has 1 aromatic carbocycles. The highest BCUT2D eigenvalue weighted by Crippen LogP contribution is 2.30. The number of sulfone groups is 1. The van der Waals surface area contributed by atoms with Crippen LogP contribution in [0.5, 0.6) is 0 Å². The van der Waals surface area contributed by atoms with Crippen molar-refractivity contribution in [2.24, 2.45) is 5.92 Å². The SMILES string of the molecule is Cc1cc(C#N)ccc1CS(=O)(=O)C1CCCC(C)C1. The summed E-state index contributed by atoms with van der Waals surface area (Å²) in [5.41, 5.74) is 2.29. The number of aryl methyl sites for hydroxylation is 1. The Morgan fingerprint density at radius 2 is 2.10 bits per heavy atom. The minimum atomic E-state index is -3.09. The highest BCUT2D eigenvalue weighted by atomic mass is 32.2. The van der Waals surface area contributed by atoms with Gasteiger partial charge in [-0.1, -0.05) is 25.8 Å². The molecule has 0 saturated heterocycles. The third kappa shape index (κ3) is 3.40. The van der Waals surface area contributed by atoms with Crippen LogP contribution in [0.3, 0.4) is 0 Å². The zero-order valence-corrected chi connectivity index (χ0v) is 12.9. The standard InChI is InChI=1S/C16H21NO2S/c1-12-4-3-5-16(8-12)20(18,19)11-15-7-6-14(10-17)9-13(15)2/h6-7,9,12,16H,3-5,8,11H2,1-2H3. The molecule has 1 aliphatic rings. The molecule has 2 rings (SSSR count). The van der Waals surface area contributed by atoms with Gasteiger partial charge >= 0.3 is 0 Å². The summed E-state index contributed by atoms with van der Waals surface area (Å²) < 4.78 is 25.1. The van der Waals surface area contributed by atoms with Crippen molar-refractivity contribution in [3.63, 3.8) is 0 Å². The molecular formula is C16H21NO2S. The van der Waals surface area contributed by atoms with Gasteiger partial charge < -0.3 is 0 Å². The molecule has 0 radical (unpaired) electrons. The first-order chi connectivity index (χ1) is 9.42. The molecule has 0 spiro atoms. The van der Waals surface area contributed by atoms with E-state index in [1.807, 2.05) is 6.92 Å². The molecule has 2 atom stereocenters. The molecule has 3 nitrogen and oxygen atoms in total. The van der Waals surface area contributed by atoms with Gasteiger partial charge in [0.15, 0.2) is 9.84 Å². The molecule has 2 unspecified atom stereocenters. The van der Waals surface area contributed by atoms with Crippen molar-refractivity contribution >= 4 is 9.84 Å². The molecule has 0 heterocycles. The molecule has 0 aliphatic heterocycles. The molecule has 108 valence electrons. The Morgan fingerprint density at radius 3 is 2.70 bits per heavy atom. The maximum absolute atomic E-state index is 12.5. The van der Waals surface area contributed by atoms with E-state index in [1.165, 1.54) is 0 Å². The van der Waals surface area contributed by atoms with Crippen LogP contribution < -0.4 is 0 Å². The molecule has 0 bridgehead atoms. The van der Waals surface area contributed by atoms with Gasteiger partial charge in [0, 0.05) is 0 Å². The molecule has 0 N–H and O–H groups in total. The highest BCUT2D eigenvalue weighted by Gasteiger charge is 2.30. The lowest BCUT2D eigenvalue weighted by molar-refractivity contribution is 0.382. The zero-order chi connectivity index (χ0) is 14.8. The average molecular weight is 291 g/mol. The van der Waals surface area contributed by atoms with Gasteiger partial charge in [-0.15, -0.1) is 0 Å². The summed E-state index contributed by atoms with van der Waals surface area (Å²) in [5.74, 6) is 0.604. The maximum Gasteiger partial charge on any atom is 0.157 e. The minimum absolute atomic E-state index is 0.0991. The number of hydrogen-bond donors (Lipinski definition) is 0. The third-order valence-corrected chi connectivity index (χ3v) is 6.38. The second-order valence-electron chi connectivity index (χ2n) is 5.95. The van der Waals surface area contributed by atoms with Crippen LogP contribution in [0, 0.1) is 24.2 Å². The van der Waals surface area contributed by atoms with Crippen LogP contribution in [-0.2, 0) is 15.6 Å². The van der Waals surface area contributed by atoms with Gasteiger partial charge in [-0.25, -0.2) is 8.42 Å². The van der Waals surface area contributed by atoms with Gasteiger partial charge in [0.25, 0.3) is 0 Å². The van der Waals surface area contributed by atoms with E-state index >= 15 is 0 Å². The van der Waals surface area contributed by atoms with Crippen molar-refractivity contribution in [2.75, 3.05) is 0 Å². The number of nitrogens with zero attached hydrogens (tertiary/aromatic N) is 1. The topological polar surface area (TPSA) is 57.9 Å². The first kappa shape index (κ1) is 15.1. The monoisotopic (exact) mass is 291 g/mol. The van der Waals surface area contributed by atoms with E-state index in [0.29, 0.717) is 11.5 Å². The second kappa shape index (κ2) is 5.97. The van der Waals surface area contributed by atoms with Gasteiger partial charge in [0.05, 0.1) is 22.6 Å². The van der Waals surface area contributed by atoms with Crippen molar-refractivity contribution in [1.82, 2.24) is 0 Å². The third-order valence-electron chi connectivity index (χ3n) is 4.22. The Balaban J connectivity index is 2.18. The van der Waals surface area contributed by atoms with Gasteiger partial charge in [0.1, 0.15) is 0 Å². The fourth-order valence-electron chi connectivity index (χ4n) is 2.97. The lowest BCUT2D eigenvalue weighted by Gasteiger charge is -2.26. The molecule has 1 aliphatic carbocycles. The molecule has 1 fully saturated rings. The summed E-state index contributed by atoms with van der Waals surface area (Å²) in [6, 6.07) is 7.31. The van der Waals surface area contributed by atoms with Gasteiger partial charge in [-0.3, -0.25) is 0 Å². The van der Waals surface area contributed by atoms with Gasteiger partial charge in [-0.05, 0) is 48.9 Å². The normalized spacial score (nSPS) is 23.2. The molecule has 1 aromatic rings. The van der Waals surface area contributed by atoms with E-state index in [0.717, 1.165) is 36.8 Å². The van der Waals surface area contributed by atoms with Crippen LogP contribution in [0.1, 0.15) is 49.3 Å². The van der Waals surface area contributed by atoms with Crippen LogP contribution in [-0.4, -0.2) is 13.7 Å². The van der Waals surface area contributed by atoms with Crippen molar-refractivity contribution in [2.45, 2.75) is 50.5 Å². The first-order valence-electron chi connectivity index (χ1n) is 7.13. The summed E-state index contributed by atoms with van der Waals surface area (Å²) >= 11 is 0. The number of benzene rings is 1. The molecule has 20 heavy (non-hydrogen) atoms. The van der Waals surface area contributed by atoms with E-state index in [1.54, 1.807) is 18.2 Å².